The van der Waals surface area contributed by atoms with E-state index in [1.54, 1.807) is 53.2 Å². The summed E-state index contributed by atoms with van der Waals surface area (Å²) in [6, 6.07) is 9.05. The van der Waals surface area contributed by atoms with Gasteiger partial charge in [0.25, 0.3) is 11.8 Å². The number of benzene rings is 1. The van der Waals surface area contributed by atoms with Gasteiger partial charge in [0.2, 0.25) is 0 Å². The van der Waals surface area contributed by atoms with Gasteiger partial charge < -0.3 is 9.14 Å². The summed E-state index contributed by atoms with van der Waals surface area (Å²) in [4.78, 5) is 44.1. The van der Waals surface area contributed by atoms with Gasteiger partial charge in [-0.2, -0.15) is 0 Å². The Morgan fingerprint density at radius 1 is 1.10 bits per heavy atom. The van der Waals surface area contributed by atoms with Crippen LogP contribution < -0.4 is 0 Å². The average Bonchev–Trinajstić information content (AvgIpc) is 3.26. The van der Waals surface area contributed by atoms with Crippen molar-refractivity contribution in [2.45, 2.75) is 32.9 Å². The van der Waals surface area contributed by atoms with E-state index < -0.39 is 23.8 Å². The van der Waals surface area contributed by atoms with Crippen LogP contribution in [0.1, 0.15) is 46.7 Å². The number of hydrogen-bond acceptors (Lipinski definition) is 5. The van der Waals surface area contributed by atoms with E-state index in [-0.39, 0.29) is 12.5 Å². The fourth-order valence-corrected chi connectivity index (χ4v) is 3.76. The van der Waals surface area contributed by atoms with E-state index in [1.165, 1.54) is 0 Å². The molecule has 0 saturated carbocycles. The van der Waals surface area contributed by atoms with Crippen LogP contribution in [0, 0.1) is 5.92 Å². The van der Waals surface area contributed by atoms with Crippen molar-refractivity contribution in [3.8, 4) is 0 Å². The molecule has 0 bridgehead atoms. The van der Waals surface area contributed by atoms with E-state index in [9.17, 15) is 14.4 Å². The van der Waals surface area contributed by atoms with Crippen LogP contribution in [-0.4, -0.2) is 38.1 Å². The number of imidazole rings is 1. The molecule has 0 aliphatic carbocycles. The Labute approximate surface area is 178 Å². The van der Waals surface area contributed by atoms with Crippen LogP contribution in [0.15, 0.2) is 48.8 Å². The number of pyridine rings is 1. The summed E-state index contributed by atoms with van der Waals surface area (Å²) >= 11 is 5.98. The van der Waals surface area contributed by atoms with Crippen LogP contribution in [0.5, 0.6) is 0 Å². The Kier molecular flexibility index (Phi) is 5.30. The second kappa shape index (κ2) is 7.91. The van der Waals surface area contributed by atoms with Gasteiger partial charge in [-0.15, -0.1) is 0 Å². The van der Waals surface area contributed by atoms with Gasteiger partial charge in [0.15, 0.2) is 0 Å². The molecule has 2 aromatic heterocycles. The molecule has 1 aliphatic heterocycles. The number of nitrogens with zero attached hydrogens (tertiary/aromatic N) is 3. The van der Waals surface area contributed by atoms with E-state index in [0.717, 1.165) is 4.90 Å². The molecule has 2 atom stereocenters. The molecule has 1 aliphatic rings. The topological polar surface area (TPSA) is 81.0 Å². The lowest BCUT2D eigenvalue weighted by molar-refractivity contribution is -0.151. The molecule has 1 aromatic carbocycles. The van der Waals surface area contributed by atoms with E-state index >= 15 is 0 Å². The van der Waals surface area contributed by atoms with Crippen molar-refractivity contribution in [2.75, 3.05) is 0 Å². The lowest BCUT2D eigenvalue weighted by Gasteiger charge is -2.28. The van der Waals surface area contributed by atoms with Crippen molar-refractivity contribution >= 4 is 35.0 Å². The Balaban J connectivity index is 1.56. The zero-order chi connectivity index (χ0) is 21.4. The summed E-state index contributed by atoms with van der Waals surface area (Å²) < 4.78 is 7.22. The van der Waals surface area contributed by atoms with Crippen LogP contribution in [0.2, 0.25) is 5.02 Å². The molecule has 3 heterocycles. The fraction of sp³-hybridized carbons (Fsp3) is 0.273. The maximum Gasteiger partial charge on any atom is 0.330 e. The molecule has 3 aromatic rings. The van der Waals surface area contributed by atoms with Crippen molar-refractivity contribution in [1.82, 2.24) is 14.3 Å². The lowest BCUT2D eigenvalue weighted by atomic mass is 9.97. The molecule has 2 unspecified atom stereocenters. The summed E-state index contributed by atoms with van der Waals surface area (Å²) in [5, 5.41) is 0.561. The van der Waals surface area contributed by atoms with Crippen molar-refractivity contribution in [2.24, 2.45) is 5.92 Å². The third-order valence-corrected chi connectivity index (χ3v) is 5.58. The standard InChI is InChI=1S/C22H20ClN3O4/c1-3-13(2)19(26-20(27)16-6-4-5-7-17(16)21(26)28)22(29)30-12-15-11-25-10-14(23)8-9-18(25)24-15/h4-11,13,19H,3,12H2,1-2H3. The number of hydrogen-bond donors (Lipinski definition) is 0. The van der Waals surface area contributed by atoms with E-state index in [2.05, 4.69) is 4.98 Å². The molecule has 154 valence electrons. The Morgan fingerprint density at radius 3 is 2.40 bits per heavy atom. The normalized spacial score (nSPS) is 15.4. The van der Waals surface area contributed by atoms with Crippen molar-refractivity contribution in [3.05, 3.63) is 70.6 Å². The number of esters is 1. The Bertz CT molecular complexity index is 1120. The molecule has 30 heavy (non-hydrogen) atoms. The number of carbonyl (C=O) groups is 3. The number of ether oxygens (including phenoxy) is 1. The van der Waals surface area contributed by atoms with E-state index in [0.29, 0.717) is 33.9 Å². The second-order valence-electron chi connectivity index (χ2n) is 7.31. The molecule has 0 N–H and O–H groups in total. The molecule has 4 rings (SSSR count). The Morgan fingerprint density at radius 2 is 1.77 bits per heavy atom. The smallest absolute Gasteiger partial charge is 0.330 e. The van der Waals surface area contributed by atoms with Gasteiger partial charge in [-0.05, 0) is 30.2 Å². The number of imide groups is 1. The number of aromatic nitrogens is 2. The predicted octanol–water partition coefficient (Wildman–Crippen LogP) is 3.74. The summed E-state index contributed by atoms with van der Waals surface area (Å²) in [5.74, 6) is -1.84. The molecular weight excluding hydrogens is 406 g/mol. The van der Waals surface area contributed by atoms with Crippen LogP contribution in [0.25, 0.3) is 5.65 Å². The Hall–Kier alpha value is -3.19. The zero-order valence-corrected chi connectivity index (χ0v) is 17.3. The van der Waals surface area contributed by atoms with Crippen LogP contribution >= 0.6 is 11.6 Å². The fourth-order valence-electron chi connectivity index (χ4n) is 3.59. The van der Waals surface area contributed by atoms with Crippen molar-refractivity contribution in [1.29, 1.82) is 0 Å². The summed E-state index contributed by atoms with van der Waals surface area (Å²) in [5.41, 5.74) is 1.82. The molecular formula is C22H20ClN3O4. The number of halogens is 1. The first-order chi connectivity index (χ1) is 14.4. The van der Waals surface area contributed by atoms with Gasteiger partial charge >= 0.3 is 5.97 Å². The van der Waals surface area contributed by atoms with Gasteiger partial charge in [0, 0.05) is 12.4 Å². The van der Waals surface area contributed by atoms with Crippen LogP contribution in [-0.2, 0) is 16.1 Å². The van der Waals surface area contributed by atoms with Crippen molar-refractivity contribution in [3.63, 3.8) is 0 Å². The summed E-state index contributed by atoms with van der Waals surface area (Å²) in [7, 11) is 0. The third kappa shape index (κ3) is 3.45. The summed E-state index contributed by atoms with van der Waals surface area (Å²) in [6.45, 7) is 3.64. The largest absolute Gasteiger partial charge is 0.458 e. The maximum absolute atomic E-state index is 13.0. The van der Waals surface area contributed by atoms with Gasteiger partial charge in [0.1, 0.15) is 18.3 Å². The molecule has 2 amide bonds. The highest BCUT2D eigenvalue weighted by molar-refractivity contribution is 6.30. The predicted molar refractivity (Wildman–Crippen MR) is 110 cm³/mol. The zero-order valence-electron chi connectivity index (χ0n) is 16.5. The second-order valence-corrected chi connectivity index (χ2v) is 7.75. The van der Waals surface area contributed by atoms with Gasteiger partial charge in [-0.25, -0.2) is 9.78 Å². The SMILES string of the molecule is CCC(C)C(C(=O)OCc1cn2cc(Cl)ccc2n1)N1C(=O)c2ccccc2C1=O. The van der Waals surface area contributed by atoms with Crippen LogP contribution in [0.3, 0.4) is 0 Å². The molecule has 7 nitrogen and oxygen atoms in total. The third-order valence-electron chi connectivity index (χ3n) is 5.36. The summed E-state index contributed by atoms with van der Waals surface area (Å²) in [6.07, 6.45) is 4.02. The minimum atomic E-state index is -1.01. The molecule has 0 saturated heterocycles. The number of rotatable bonds is 6. The molecule has 0 radical (unpaired) electrons. The monoisotopic (exact) mass is 425 g/mol. The lowest BCUT2D eigenvalue weighted by Crippen LogP contribution is -2.49. The molecule has 0 fully saturated rings. The number of fused-ring (bicyclic) bond motifs is 2. The van der Waals surface area contributed by atoms with Crippen molar-refractivity contribution < 1.29 is 19.1 Å². The number of amides is 2. The van der Waals surface area contributed by atoms with Gasteiger partial charge in [-0.1, -0.05) is 44.0 Å². The molecule has 8 heteroatoms. The highest BCUT2D eigenvalue weighted by Gasteiger charge is 2.45. The average molecular weight is 426 g/mol. The van der Waals surface area contributed by atoms with E-state index in [4.69, 9.17) is 16.3 Å². The molecule has 0 spiro atoms. The highest BCUT2D eigenvalue weighted by Crippen LogP contribution is 2.29. The quantitative estimate of drug-likeness (QED) is 0.444. The van der Waals surface area contributed by atoms with Gasteiger partial charge in [0.05, 0.1) is 21.8 Å². The van der Waals surface area contributed by atoms with Crippen LogP contribution in [0.4, 0.5) is 0 Å². The maximum atomic E-state index is 13.0. The first-order valence-electron chi connectivity index (χ1n) is 9.67. The number of carbonyl (C=O) groups excluding carboxylic acids is 3. The first-order valence-corrected chi connectivity index (χ1v) is 10.0. The highest BCUT2D eigenvalue weighted by atomic mass is 35.5. The minimum Gasteiger partial charge on any atom is -0.458 e. The van der Waals surface area contributed by atoms with E-state index in [1.807, 2.05) is 13.8 Å². The first kappa shape index (κ1) is 20.1. The minimum absolute atomic E-state index is 0.0752. The van der Waals surface area contributed by atoms with Gasteiger partial charge in [-0.3, -0.25) is 14.5 Å².